The summed E-state index contributed by atoms with van der Waals surface area (Å²) in [6.07, 6.45) is 3.34. The third-order valence-electron chi connectivity index (χ3n) is 5.28. The number of anilines is 1. The molecule has 0 spiro atoms. The maximum atomic E-state index is 13.3. The number of nitrogens with one attached hydrogen (secondary N) is 1. The Morgan fingerprint density at radius 3 is 2.67 bits per heavy atom. The topological polar surface area (TPSA) is 78.1 Å². The van der Waals surface area contributed by atoms with E-state index in [1.165, 1.54) is 4.90 Å². The molecule has 1 fully saturated rings. The van der Waals surface area contributed by atoms with Gasteiger partial charge in [-0.25, -0.2) is 0 Å². The monoisotopic (exact) mass is 414 g/mol. The molecule has 0 bridgehead atoms. The molecule has 2 amide bonds. The van der Waals surface area contributed by atoms with Crippen molar-refractivity contribution in [3.8, 4) is 6.07 Å². The van der Waals surface area contributed by atoms with Gasteiger partial charge in [0.2, 0.25) is 0 Å². The van der Waals surface area contributed by atoms with E-state index >= 15 is 0 Å². The fraction of sp³-hybridized carbons (Fsp3) is 0.130. The maximum Gasteiger partial charge on any atom is 0.270 e. The molecule has 1 N–H and O–H groups in total. The predicted octanol–water partition coefficient (Wildman–Crippen LogP) is 3.61. The van der Waals surface area contributed by atoms with E-state index in [0.717, 1.165) is 22.0 Å². The van der Waals surface area contributed by atoms with Crippen molar-refractivity contribution in [2.45, 2.75) is 20.4 Å². The SMILES string of the molecule is Cc1cccc(N2C(=O)/C(=C/c3cn(CC#N)c4ccccc34)C(=O)NC2=S)c1C. The maximum absolute atomic E-state index is 13.3. The number of hydrogen-bond acceptors (Lipinski definition) is 4. The third-order valence-corrected chi connectivity index (χ3v) is 5.56. The fourth-order valence-corrected chi connectivity index (χ4v) is 3.88. The first-order valence-corrected chi connectivity index (χ1v) is 9.75. The highest BCUT2D eigenvalue weighted by molar-refractivity contribution is 7.80. The summed E-state index contributed by atoms with van der Waals surface area (Å²) in [7, 11) is 0. The summed E-state index contributed by atoms with van der Waals surface area (Å²) in [6.45, 7) is 4.04. The number of hydrogen-bond donors (Lipinski definition) is 1. The zero-order valence-corrected chi connectivity index (χ0v) is 17.3. The minimum atomic E-state index is -0.538. The molecule has 1 aliphatic heterocycles. The van der Waals surface area contributed by atoms with Crippen LogP contribution < -0.4 is 10.2 Å². The quantitative estimate of drug-likeness (QED) is 0.403. The number of thiocarbonyl (C=S) groups is 1. The predicted molar refractivity (Wildman–Crippen MR) is 120 cm³/mol. The van der Waals surface area contributed by atoms with Crippen LogP contribution in [0.1, 0.15) is 16.7 Å². The molecular weight excluding hydrogens is 396 g/mol. The average Bonchev–Trinajstić information content (AvgIpc) is 3.06. The highest BCUT2D eigenvalue weighted by Gasteiger charge is 2.35. The summed E-state index contributed by atoms with van der Waals surface area (Å²) >= 11 is 5.31. The Morgan fingerprint density at radius 1 is 1.13 bits per heavy atom. The van der Waals surface area contributed by atoms with Crippen molar-refractivity contribution in [2.24, 2.45) is 0 Å². The van der Waals surface area contributed by atoms with E-state index in [9.17, 15) is 9.59 Å². The minimum absolute atomic E-state index is 0.00985. The van der Waals surface area contributed by atoms with Gasteiger partial charge in [0.25, 0.3) is 11.8 Å². The molecule has 7 heteroatoms. The smallest absolute Gasteiger partial charge is 0.270 e. The third kappa shape index (κ3) is 3.17. The number of fused-ring (bicyclic) bond motifs is 1. The Morgan fingerprint density at radius 2 is 1.90 bits per heavy atom. The summed E-state index contributed by atoms with van der Waals surface area (Å²) in [6, 6.07) is 15.3. The summed E-state index contributed by atoms with van der Waals surface area (Å²) in [4.78, 5) is 27.3. The van der Waals surface area contributed by atoms with Crippen LogP contribution in [0, 0.1) is 25.2 Å². The molecule has 1 saturated heterocycles. The van der Waals surface area contributed by atoms with Crippen LogP contribution in [0.2, 0.25) is 0 Å². The van der Waals surface area contributed by atoms with Crippen LogP contribution in [0.25, 0.3) is 17.0 Å². The van der Waals surface area contributed by atoms with Crippen LogP contribution >= 0.6 is 12.2 Å². The van der Waals surface area contributed by atoms with Crippen molar-refractivity contribution in [2.75, 3.05) is 4.90 Å². The number of nitriles is 1. The van der Waals surface area contributed by atoms with Crippen LogP contribution in [0.15, 0.2) is 54.2 Å². The van der Waals surface area contributed by atoms with Crippen molar-refractivity contribution in [1.29, 1.82) is 5.26 Å². The highest BCUT2D eigenvalue weighted by atomic mass is 32.1. The van der Waals surface area contributed by atoms with Crippen LogP contribution in [0.3, 0.4) is 0 Å². The summed E-state index contributed by atoms with van der Waals surface area (Å²) < 4.78 is 1.79. The largest absolute Gasteiger partial charge is 0.333 e. The lowest BCUT2D eigenvalue weighted by Crippen LogP contribution is -2.54. The molecule has 0 radical (unpaired) electrons. The van der Waals surface area contributed by atoms with Gasteiger partial charge in [0.15, 0.2) is 5.11 Å². The molecule has 0 saturated carbocycles. The van der Waals surface area contributed by atoms with Gasteiger partial charge in [-0.3, -0.25) is 19.8 Å². The zero-order chi connectivity index (χ0) is 21.4. The molecule has 1 aromatic heterocycles. The van der Waals surface area contributed by atoms with E-state index in [2.05, 4.69) is 11.4 Å². The number of carbonyl (C=O) groups is 2. The first-order chi connectivity index (χ1) is 14.4. The van der Waals surface area contributed by atoms with E-state index in [1.54, 1.807) is 22.9 Å². The molecule has 0 unspecified atom stereocenters. The second-order valence-electron chi connectivity index (χ2n) is 7.06. The number of carbonyl (C=O) groups excluding carboxylic acids is 2. The number of aromatic nitrogens is 1. The van der Waals surface area contributed by atoms with Gasteiger partial charge in [-0.2, -0.15) is 5.26 Å². The first kappa shape index (κ1) is 19.6. The molecule has 30 heavy (non-hydrogen) atoms. The normalized spacial score (nSPS) is 15.6. The first-order valence-electron chi connectivity index (χ1n) is 9.35. The lowest BCUT2D eigenvalue weighted by Gasteiger charge is -2.30. The Labute approximate surface area is 179 Å². The molecular formula is C23H18N4O2S. The number of aryl methyl sites for hydroxylation is 1. The highest BCUT2D eigenvalue weighted by Crippen LogP contribution is 2.29. The number of rotatable bonds is 3. The van der Waals surface area contributed by atoms with Gasteiger partial charge < -0.3 is 4.57 Å². The average molecular weight is 414 g/mol. The molecule has 4 rings (SSSR count). The minimum Gasteiger partial charge on any atom is -0.333 e. The molecule has 6 nitrogen and oxygen atoms in total. The van der Waals surface area contributed by atoms with Crippen LogP contribution in [-0.4, -0.2) is 21.5 Å². The van der Waals surface area contributed by atoms with Crippen LogP contribution in [0.5, 0.6) is 0 Å². The van der Waals surface area contributed by atoms with Gasteiger partial charge in [-0.05, 0) is 55.4 Å². The van der Waals surface area contributed by atoms with E-state index in [4.69, 9.17) is 17.5 Å². The Kier molecular flexibility index (Phi) is 4.94. The fourth-order valence-electron chi connectivity index (χ4n) is 3.61. The molecule has 0 atom stereocenters. The second-order valence-corrected chi connectivity index (χ2v) is 7.45. The second kappa shape index (κ2) is 7.58. The van der Waals surface area contributed by atoms with E-state index in [1.807, 2.05) is 50.2 Å². The van der Waals surface area contributed by atoms with Crippen molar-refractivity contribution < 1.29 is 9.59 Å². The van der Waals surface area contributed by atoms with E-state index in [0.29, 0.717) is 11.3 Å². The van der Waals surface area contributed by atoms with Gasteiger partial charge >= 0.3 is 0 Å². The molecule has 148 valence electrons. The molecule has 2 heterocycles. The van der Waals surface area contributed by atoms with Crippen molar-refractivity contribution >= 4 is 51.8 Å². The lowest BCUT2D eigenvalue weighted by atomic mass is 10.0. The standard InChI is InChI=1S/C23H18N4O2S/c1-14-6-5-9-19(15(14)2)27-22(29)18(21(28)25-23(27)30)12-16-13-26(11-10-24)20-8-4-3-7-17(16)20/h3-9,12-13H,11H2,1-2H3,(H,25,28,30)/b18-12+. The zero-order valence-electron chi connectivity index (χ0n) is 16.5. The van der Waals surface area contributed by atoms with Crippen molar-refractivity contribution in [3.63, 3.8) is 0 Å². The van der Waals surface area contributed by atoms with Crippen LogP contribution in [0.4, 0.5) is 5.69 Å². The van der Waals surface area contributed by atoms with E-state index in [-0.39, 0.29) is 17.2 Å². The Bertz CT molecular complexity index is 1300. The number of amides is 2. The Hall–Kier alpha value is -3.76. The summed E-state index contributed by atoms with van der Waals surface area (Å²) in [5.74, 6) is -1.02. The molecule has 3 aromatic rings. The van der Waals surface area contributed by atoms with Gasteiger partial charge in [0.1, 0.15) is 12.1 Å². The number of para-hydroxylation sites is 1. The summed E-state index contributed by atoms with van der Waals surface area (Å²) in [5, 5.41) is 12.6. The van der Waals surface area contributed by atoms with Gasteiger partial charge in [-0.1, -0.05) is 30.3 Å². The molecule has 0 aliphatic carbocycles. The van der Waals surface area contributed by atoms with E-state index < -0.39 is 11.8 Å². The van der Waals surface area contributed by atoms with Crippen molar-refractivity contribution in [3.05, 3.63) is 70.9 Å². The number of nitrogens with zero attached hydrogens (tertiary/aromatic N) is 3. The lowest BCUT2D eigenvalue weighted by molar-refractivity contribution is -0.122. The Balaban J connectivity index is 1.84. The van der Waals surface area contributed by atoms with Gasteiger partial charge in [0.05, 0.1) is 11.8 Å². The molecule has 2 aromatic carbocycles. The van der Waals surface area contributed by atoms with Gasteiger partial charge in [0, 0.05) is 22.7 Å². The van der Waals surface area contributed by atoms with Crippen LogP contribution in [-0.2, 0) is 16.1 Å². The summed E-state index contributed by atoms with van der Waals surface area (Å²) in [5.41, 5.74) is 4.11. The van der Waals surface area contributed by atoms with Crippen molar-refractivity contribution in [1.82, 2.24) is 9.88 Å². The number of benzene rings is 2. The molecule has 1 aliphatic rings. The van der Waals surface area contributed by atoms with Gasteiger partial charge in [-0.15, -0.1) is 0 Å².